The zero-order valence-corrected chi connectivity index (χ0v) is 8.25. The van der Waals surface area contributed by atoms with E-state index < -0.39 is 12.2 Å². The number of hydrogen-bond donors (Lipinski definition) is 2. The summed E-state index contributed by atoms with van der Waals surface area (Å²) < 4.78 is 0. The average Bonchev–Trinajstić information content (AvgIpc) is 1.92. The van der Waals surface area contributed by atoms with Gasteiger partial charge in [0.15, 0.2) is 0 Å². The lowest BCUT2D eigenvalue weighted by molar-refractivity contribution is -0.0432. The number of aliphatic hydroxyl groups is 2. The Balaban J connectivity index is 2.51. The van der Waals surface area contributed by atoms with Crippen LogP contribution < -0.4 is 0 Å². The topological polar surface area (TPSA) is 40.5 Å². The van der Waals surface area contributed by atoms with Crippen molar-refractivity contribution in [1.29, 1.82) is 0 Å². The van der Waals surface area contributed by atoms with Crippen LogP contribution in [-0.4, -0.2) is 22.4 Å². The fraction of sp³-hybridized carbons (Fsp3) is 1.00. The van der Waals surface area contributed by atoms with Crippen molar-refractivity contribution in [3.05, 3.63) is 0 Å². The molecule has 12 heavy (non-hydrogen) atoms. The predicted molar refractivity (Wildman–Crippen MR) is 48.8 cm³/mol. The second-order valence-electron chi connectivity index (χ2n) is 5.01. The van der Waals surface area contributed by atoms with E-state index in [-0.39, 0.29) is 5.41 Å². The Labute approximate surface area is 74.6 Å². The second kappa shape index (κ2) is 3.35. The number of rotatable bonds is 0. The molecular formula is C10H20O2. The molecule has 0 bridgehead atoms. The predicted octanol–water partition coefficient (Wildman–Crippen LogP) is 1.55. The van der Waals surface area contributed by atoms with Crippen molar-refractivity contribution in [2.75, 3.05) is 0 Å². The summed E-state index contributed by atoms with van der Waals surface area (Å²) in [5.41, 5.74) is 0.265. The highest BCUT2D eigenvalue weighted by Crippen LogP contribution is 2.37. The lowest BCUT2D eigenvalue weighted by Gasteiger charge is -2.38. The molecule has 1 aliphatic carbocycles. The van der Waals surface area contributed by atoms with Gasteiger partial charge in [0.1, 0.15) is 0 Å². The normalized spacial score (nSPS) is 38.2. The van der Waals surface area contributed by atoms with E-state index in [0.717, 1.165) is 19.3 Å². The minimum atomic E-state index is -0.497. The Morgan fingerprint density at radius 1 is 1.00 bits per heavy atom. The Bertz CT molecular complexity index is 148. The summed E-state index contributed by atoms with van der Waals surface area (Å²) in [7, 11) is 0. The van der Waals surface area contributed by atoms with Crippen LogP contribution in [0.25, 0.3) is 0 Å². The van der Waals surface area contributed by atoms with Gasteiger partial charge in [-0.15, -0.1) is 0 Å². The van der Waals surface area contributed by atoms with E-state index in [1.54, 1.807) is 0 Å². The molecule has 0 heterocycles. The lowest BCUT2D eigenvalue weighted by Crippen LogP contribution is -2.37. The Morgan fingerprint density at radius 3 is 2.00 bits per heavy atom. The SMILES string of the molecule is CC(C)(C)C1CC[C@@H](O)[C@@H](O)C1. The van der Waals surface area contributed by atoms with Gasteiger partial charge in [0.05, 0.1) is 12.2 Å². The first-order valence-electron chi connectivity index (χ1n) is 4.77. The molecule has 0 aromatic carbocycles. The molecule has 1 aliphatic rings. The van der Waals surface area contributed by atoms with E-state index in [4.69, 9.17) is 0 Å². The van der Waals surface area contributed by atoms with Crippen LogP contribution in [0, 0.1) is 11.3 Å². The molecule has 1 fully saturated rings. The molecule has 0 aromatic rings. The van der Waals surface area contributed by atoms with E-state index >= 15 is 0 Å². The summed E-state index contributed by atoms with van der Waals surface area (Å²) >= 11 is 0. The van der Waals surface area contributed by atoms with Gasteiger partial charge < -0.3 is 10.2 Å². The largest absolute Gasteiger partial charge is 0.390 e. The summed E-state index contributed by atoms with van der Waals surface area (Å²) in [5.74, 6) is 0.552. The fourth-order valence-electron chi connectivity index (χ4n) is 1.92. The van der Waals surface area contributed by atoms with Gasteiger partial charge in [-0.3, -0.25) is 0 Å². The first kappa shape index (κ1) is 10.0. The van der Waals surface area contributed by atoms with Crippen molar-refractivity contribution in [2.24, 2.45) is 11.3 Å². The van der Waals surface area contributed by atoms with E-state index in [0.29, 0.717) is 5.92 Å². The molecule has 1 saturated carbocycles. The standard InChI is InChI=1S/C10H20O2/c1-10(2,3)7-4-5-8(11)9(12)6-7/h7-9,11-12H,4-6H2,1-3H3/t7?,8-,9+/m1/s1. The summed E-state index contributed by atoms with van der Waals surface area (Å²) in [6.07, 6.45) is 1.57. The summed E-state index contributed by atoms with van der Waals surface area (Å²) in [6, 6.07) is 0. The molecule has 2 N–H and O–H groups in total. The Morgan fingerprint density at radius 2 is 1.58 bits per heavy atom. The summed E-state index contributed by atoms with van der Waals surface area (Å²) in [5, 5.41) is 18.8. The first-order chi connectivity index (χ1) is 5.41. The maximum atomic E-state index is 9.46. The van der Waals surface area contributed by atoms with Gasteiger partial charge in [-0.25, -0.2) is 0 Å². The van der Waals surface area contributed by atoms with Crippen molar-refractivity contribution in [1.82, 2.24) is 0 Å². The summed E-state index contributed by atoms with van der Waals surface area (Å²) in [6.45, 7) is 6.59. The monoisotopic (exact) mass is 172 g/mol. The zero-order valence-electron chi connectivity index (χ0n) is 8.25. The summed E-state index contributed by atoms with van der Waals surface area (Å²) in [4.78, 5) is 0. The number of hydrogen-bond acceptors (Lipinski definition) is 2. The molecule has 1 unspecified atom stereocenters. The molecule has 0 aromatic heterocycles. The second-order valence-corrected chi connectivity index (χ2v) is 5.01. The van der Waals surface area contributed by atoms with Crippen LogP contribution in [0.3, 0.4) is 0 Å². The minimum absolute atomic E-state index is 0.265. The quantitative estimate of drug-likeness (QED) is 0.582. The highest BCUT2D eigenvalue weighted by molar-refractivity contribution is 4.85. The maximum Gasteiger partial charge on any atom is 0.0801 e. The van der Waals surface area contributed by atoms with Crippen LogP contribution >= 0.6 is 0 Å². The molecule has 0 spiro atoms. The third kappa shape index (κ3) is 2.20. The lowest BCUT2D eigenvalue weighted by atomic mass is 9.71. The van der Waals surface area contributed by atoms with Gasteiger partial charge >= 0.3 is 0 Å². The number of aliphatic hydroxyl groups excluding tert-OH is 2. The van der Waals surface area contributed by atoms with Crippen LogP contribution in [0.1, 0.15) is 40.0 Å². The highest BCUT2D eigenvalue weighted by atomic mass is 16.3. The molecule has 0 saturated heterocycles. The first-order valence-corrected chi connectivity index (χ1v) is 4.77. The van der Waals surface area contributed by atoms with Gasteiger partial charge in [-0.1, -0.05) is 20.8 Å². The van der Waals surface area contributed by atoms with Crippen molar-refractivity contribution >= 4 is 0 Å². The van der Waals surface area contributed by atoms with Crippen LogP contribution in [0.5, 0.6) is 0 Å². The molecule has 1 rings (SSSR count). The Kier molecular flexibility index (Phi) is 2.79. The van der Waals surface area contributed by atoms with Crippen LogP contribution in [0.15, 0.2) is 0 Å². The smallest absolute Gasteiger partial charge is 0.0801 e. The zero-order chi connectivity index (χ0) is 9.35. The molecule has 72 valence electrons. The van der Waals surface area contributed by atoms with E-state index in [1.807, 2.05) is 0 Å². The van der Waals surface area contributed by atoms with Crippen LogP contribution in [-0.2, 0) is 0 Å². The molecule has 0 aliphatic heterocycles. The highest BCUT2D eigenvalue weighted by Gasteiger charge is 2.33. The third-order valence-corrected chi connectivity index (χ3v) is 3.01. The van der Waals surface area contributed by atoms with Crippen molar-refractivity contribution in [2.45, 2.75) is 52.2 Å². The van der Waals surface area contributed by atoms with Crippen molar-refractivity contribution in [3.8, 4) is 0 Å². The molecular weight excluding hydrogens is 152 g/mol. The van der Waals surface area contributed by atoms with Crippen LogP contribution in [0.4, 0.5) is 0 Å². The molecule has 2 nitrogen and oxygen atoms in total. The van der Waals surface area contributed by atoms with Gasteiger partial charge in [0.25, 0.3) is 0 Å². The molecule has 0 amide bonds. The van der Waals surface area contributed by atoms with Gasteiger partial charge in [0.2, 0.25) is 0 Å². The van der Waals surface area contributed by atoms with Gasteiger partial charge in [-0.2, -0.15) is 0 Å². The fourth-order valence-corrected chi connectivity index (χ4v) is 1.92. The minimum Gasteiger partial charge on any atom is -0.390 e. The van der Waals surface area contributed by atoms with Crippen molar-refractivity contribution in [3.63, 3.8) is 0 Å². The van der Waals surface area contributed by atoms with Crippen LogP contribution in [0.2, 0.25) is 0 Å². The van der Waals surface area contributed by atoms with E-state index in [1.165, 1.54) is 0 Å². The van der Waals surface area contributed by atoms with Gasteiger partial charge in [0, 0.05) is 0 Å². The molecule has 3 atom stereocenters. The van der Waals surface area contributed by atoms with Crippen molar-refractivity contribution < 1.29 is 10.2 Å². The third-order valence-electron chi connectivity index (χ3n) is 3.01. The maximum absolute atomic E-state index is 9.46. The Hall–Kier alpha value is -0.0800. The van der Waals surface area contributed by atoms with E-state index in [2.05, 4.69) is 20.8 Å². The molecule has 0 radical (unpaired) electrons. The average molecular weight is 172 g/mol. The van der Waals surface area contributed by atoms with E-state index in [9.17, 15) is 10.2 Å². The molecule has 2 heteroatoms. The van der Waals surface area contributed by atoms with Gasteiger partial charge in [-0.05, 0) is 30.6 Å².